The van der Waals surface area contributed by atoms with Crippen molar-refractivity contribution < 1.29 is 24.2 Å². The molecule has 2 rings (SSSR count). The van der Waals surface area contributed by atoms with Crippen molar-refractivity contribution in [2.24, 2.45) is 0 Å². The van der Waals surface area contributed by atoms with Gasteiger partial charge in [-0.05, 0) is 17.2 Å². The van der Waals surface area contributed by atoms with E-state index in [-0.39, 0.29) is 18.6 Å². The maximum Gasteiger partial charge on any atom is 0.411 e. The average molecular weight is 289 g/mol. The van der Waals surface area contributed by atoms with Crippen LogP contribution in [0.4, 0.5) is 4.79 Å². The van der Waals surface area contributed by atoms with E-state index < -0.39 is 18.1 Å². The first-order valence-corrected chi connectivity index (χ1v) is 6.40. The minimum Gasteiger partial charge on any atom is -0.469 e. The van der Waals surface area contributed by atoms with Gasteiger partial charge in [-0.15, -0.1) is 0 Å². The molecule has 1 aliphatic rings. The maximum atomic E-state index is 11.9. The molecule has 0 saturated heterocycles. The number of ketones is 1. The molecule has 1 aromatic rings. The molecule has 0 aromatic heterocycles. The predicted molar refractivity (Wildman–Crippen MR) is 74.3 cm³/mol. The molecule has 0 fully saturated rings. The molecule has 1 unspecified atom stereocenters. The van der Waals surface area contributed by atoms with Crippen LogP contribution in [0.1, 0.15) is 30.0 Å². The van der Waals surface area contributed by atoms with Crippen LogP contribution in [0, 0.1) is 0 Å². The molecule has 21 heavy (non-hydrogen) atoms. The molecule has 0 radical (unpaired) electrons. The summed E-state index contributed by atoms with van der Waals surface area (Å²) in [6.07, 6.45) is 1.55. The number of ether oxygens (including phenoxy) is 1. The zero-order chi connectivity index (χ0) is 15.4. The summed E-state index contributed by atoms with van der Waals surface area (Å²) in [5.41, 5.74) is 1.62. The Hall–Kier alpha value is -2.63. The molecule has 0 aliphatic carbocycles. The van der Waals surface area contributed by atoms with E-state index in [1.165, 1.54) is 13.3 Å². The second kappa shape index (κ2) is 6.21. The summed E-state index contributed by atoms with van der Waals surface area (Å²) in [4.78, 5) is 35.4. The van der Waals surface area contributed by atoms with Gasteiger partial charge in [0.05, 0.1) is 13.2 Å². The standard InChI is InChI=1S/C15H15NO5/c1-21-14(18)9-11(17)8-13-12-5-3-2-4-10(12)6-7-16(13)15(19)20/h2-7,13H,8-9H2,1H3,(H,19,20). The third-order valence-corrected chi connectivity index (χ3v) is 3.32. The maximum absolute atomic E-state index is 11.9. The molecule has 1 amide bonds. The molecule has 110 valence electrons. The smallest absolute Gasteiger partial charge is 0.411 e. The molecular weight excluding hydrogens is 274 g/mol. The number of carboxylic acid groups (broad SMARTS) is 1. The molecule has 1 aromatic carbocycles. The van der Waals surface area contributed by atoms with Gasteiger partial charge in [0.25, 0.3) is 0 Å². The molecule has 1 atom stereocenters. The van der Waals surface area contributed by atoms with Gasteiger partial charge in [0.1, 0.15) is 12.2 Å². The van der Waals surface area contributed by atoms with Crippen molar-refractivity contribution in [3.05, 3.63) is 41.6 Å². The van der Waals surface area contributed by atoms with Crippen LogP contribution < -0.4 is 0 Å². The zero-order valence-electron chi connectivity index (χ0n) is 11.5. The summed E-state index contributed by atoms with van der Waals surface area (Å²) >= 11 is 0. The number of benzene rings is 1. The second-order valence-electron chi connectivity index (χ2n) is 4.65. The highest BCUT2D eigenvalue weighted by molar-refractivity contribution is 5.96. The minimum absolute atomic E-state index is 0.0667. The van der Waals surface area contributed by atoms with Gasteiger partial charge in [-0.2, -0.15) is 0 Å². The van der Waals surface area contributed by atoms with E-state index in [1.54, 1.807) is 18.2 Å². The number of carbonyl (C=O) groups is 3. The van der Waals surface area contributed by atoms with Crippen LogP contribution in [0.2, 0.25) is 0 Å². The van der Waals surface area contributed by atoms with E-state index in [0.717, 1.165) is 16.0 Å². The monoisotopic (exact) mass is 289 g/mol. The van der Waals surface area contributed by atoms with Gasteiger partial charge in [-0.3, -0.25) is 14.5 Å². The number of amides is 1. The number of fused-ring (bicyclic) bond motifs is 1. The number of Topliss-reactive ketones (excluding diaryl/α,β-unsaturated/α-hetero) is 1. The normalized spacial score (nSPS) is 16.2. The van der Waals surface area contributed by atoms with E-state index >= 15 is 0 Å². The van der Waals surface area contributed by atoms with Gasteiger partial charge >= 0.3 is 12.1 Å². The Morgan fingerprint density at radius 1 is 1.29 bits per heavy atom. The fourth-order valence-electron chi connectivity index (χ4n) is 2.31. The van der Waals surface area contributed by atoms with Crippen molar-refractivity contribution in [1.29, 1.82) is 0 Å². The summed E-state index contributed by atoms with van der Waals surface area (Å²) in [7, 11) is 1.21. The molecule has 0 spiro atoms. The number of carbonyl (C=O) groups excluding carboxylic acids is 2. The Labute approximate surface area is 121 Å². The van der Waals surface area contributed by atoms with Crippen LogP contribution in [0.3, 0.4) is 0 Å². The Balaban J connectivity index is 2.24. The molecule has 1 heterocycles. The molecule has 0 saturated carbocycles. The van der Waals surface area contributed by atoms with Gasteiger partial charge in [-0.25, -0.2) is 4.79 Å². The van der Waals surface area contributed by atoms with Crippen LogP contribution >= 0.6 is 0 Å². The third-order valence-electron chi connectivity index (χ3n) is 3.32. The lowest BCUT2D eigenvalue weighted by atomic mass is 9.92. The number of esters is 1. The lowest BCUT2D eigenvalue weighted by Crippen LogP contribution is -2.33. The largest absolute Gasteiger partial charge is 0.469 e. The van der Waals surface area contributed by atoms with Crippen molar-refractivity contribution in [3.8, 4) is 0 Å². The molecular formula is C15H15NO5. The molecule has 1 N–H and O–H groups in total. The SMILES string of the molecule is COC(=O)CC(=O)CC1c2ccccc2C=CN1C(=O)O. The van der Waals surface area contributed by atoms with E-state index in [2.05, 4.69) is 4.74 Å². The summed E-state index contributed by atoms with van der Waals surface area (Å²) in [5, 5.41) is 9.25. The Morgan fingerprint density at radius 3 is 2.67 bits per heavy atom. The van der Waals surface area contributed by atoms with E-state index in [4.69, 9.17) is 0 Å². The first kappa shape index (κ1) is 14.8. The highest BCUT2D eigenvalue weighted by Crippen LogP contribution is 2.33. The number of nitrogens with zero attached hydrogens (tertiary/aromatic N) is 1. The zero-order valence-corrected chi connectivity index (χ0v) is 11.5. The number of methoxy groups -OCH3 is 1. The first-order valence-electron chi connectivity index (χ1n) is 6.40. The lowest BCUT2D eigenvalue weighted by Gasteiger charge is -2.30. The quantitative estimate of drug-likeness (QED) is 0.678. The topological polar surface area (TPSA) is 83.9 Å². The number of hydrogen-bond acceptors (Lipinski definition) is 4. The number of rotatable bonds is 4. The van der Waals surface area contributed by atoms with Gasteiger partial charge in [-0.1, -0.05) is 24.3 Å². The van der Waals surface area contributed by atoms with E-state index in [9.17, 15) is 19.5 Å². The van der Waals surface area contributed by atoms with Crippen LogP contribution in [0.15, 0.2) is 30.5 Å². The molecule has 6 nitrogen and oxygen atoms in total. The third kappa shape index (κ3) is 3.28. The highest BCUT2D eigenvalue weighted by Gasteiger charge is 2.30. The molecule has 1 aliphatic heterocycles. The Bertz CT molecular complexity index is 608. The van der Waals surface area contributed by atoms with Crippen LogP contribution in [0.5, 0.6) is 0 Å². The van der Waals surface area contributed by atoms with Crippen molar-refractivity contribution in [2.45, 2.75) is 18.9 Å². The number of hydrogen-bond donors (Lipinski definition) is 1. The molecule has 6 heteroatoms. The van der Waals surface area contributed by atoms with E-state index in [1.807, 2.05) is 12.1 Å². The summed E-state index contributed by atoms with van der Waals surface area (Å²) in [6.45, 7) is 0. The fourth-order valence-corrected chi connectivity index (χ4v) is 2.31. The predicted octanol–water partition coefficient (Wildman–Crippen LogP) is 2.21. The average Bonchev–Trinajstić information content (AvgIpc) is 2.47. The highest BCUT2D eigenvalue weighted by atomic mass is 16.5. The Kier molecular flexibility index (Phi) is 4.37. The summed E-state index contributed by atoms with van der Waals surface area (Å²) in [5.74, 6) is -0.982. The van der Waals surface area contributed by atoms with Crippen LogP contribution in [0.25, 0.3) is 6.08 Å². The van der Waals surface area contributed by atoms with Crippen molar-refractivity contribution in [3.63, 3.8) is 0 Å². The molecule has 0 bridgehead atoms. The Morgan fingerprint density at radius 2 is 2.00 bits per heavy atom. The van der Waals surface area contributed by atoms with Crippen LogP contribution in [-0.2, 0) is 14.3 Å². The van der Waals surface area contributed by atoms with Crippen molar-refractivity contribution in [1.82, 2.24) is 4.90 Å². The first-order chi connectivity index (χ1) is 10.0. The fraction of sp³-hybridized carbons (Fsp3) is 0.267. The summed E-state index contributed by atoms with van der Waals surface area (Å²) < 4.78 is 4.45. The van der Waals surface area contributed by atoms with Crippen LogP contribution in [-0.4, -0.2) is 35.0 Å². The van der Waals surface area contributed by atoms with Crippen molar-refractivity contribution >= 4 is 23.9 Å². The minimum atomic E-state index is -1.14. The second-order valence-corrected chi connectivity index (χ2v) is 4.65. The van der Waals surface area contributed by atoms with Gasteiger partial charge < -0.3 is 9.84 Å². The van der Waals surface area contributed by atoms with E-state index in [0.29, 0.717) is 0 Å². The van der Waals surface area contributed by atoms with Gasteiger partial charge in [0.2, 0.25) is 0 Å². The van der Waals surface area contributed by atoms with Gasteiger partial charge in [0, 0.05) is 12.6 Å². The lowest BCUT2D eigenvalue weighted by molar-refractivity contribution is -0.143. The van der Waals surface area contributed by atoms with Gasteiger partial charge in [0.15, 0.2) is 0 Å². The van der Waals surface area contributed by atoms with Crippen molar-refractivity contribution in [2.75, 3.05) is 7.11 Å². The summed E-state index contributed by atoms with van der Waals surface area (Å²) in [6, 6.07) is 6.64.